The normalized spacial score (nSPS) is 11.3. The second-order valence-corrected chi connectivity index (χ2v) is 9.70. The summed E-state index contributed by atoms with van der Waals surface area (Å²) in [5, 5.41) is 3.22. The Hall–Kier alpha value is -3.10. The molecule has 0 aliphatic carbocycles. The molecule has 1 N–H and O–H groups in total. The molecule has 0 saturated heterocycles. The summed E-state index contributed by atoms with van der Waals surface area (Å²) in [6.07, 6.45) is 1.56. The highest BCUT2D eigenvalue weighted by Gasteiger charge is 2.22. The first-order chi connectivity index (χ1) is 15.2. The fourth-order valence-electron chi connectivity index (χ4n) is 2.93. The van der Waals surface area contributed by atoms with Crippen molar-refractivity contribution < 1.29 is 17.9 Å². The maximum absolute atomic E-state index is 13.1. The number of hydrogen-bond donors (Lipinski definition) is 1. The van der Waals surface area contributed by atoms with Crippen LogP contribution in [0.4, 0.5) is 5.69 Å². The lowest BCUT2D eigenvalue weighted by Gasteiger charge is -2.20. The van der Waals surface area contributed by atoms with Gasteiger partial charge in [0.1, 0.15) is 0 Å². The number of rotatable bonds is 8. The average Bonchev–Trinajstić information content (AvgIpc) is 2.77. The number of aromatic nitrogens is 1. The first-order valence-corrected chi connectivity index (χ1v) is 11.7. The van der Waals surface area contributed by atoms with E-state index in [1.54, 1.807) is 42.6 Å². The molecule has 1 amide bonds. The van der Waals surface area contributed by atoms with Gasteiger partial charge in [0.2, 0.25) is 5.88 Å². The van der Waals surface area contributed by atoms with Crippen molar-refractivity contribution in [2.24, 2.45) is 0 Å². The number of carbonyl (C=O) groups is 1. The molecule has 0 saturated carbocycles. The fourth-order valence-corrected chi connectivity index (χ4v) is 4.35. The molecule has 1 aromatic heterocycles. The van der Waals surface area contributed by atoms with Crippen LogP contribution in [0.1, 0.15) is 29.8 Å². The molecule has 168 valence electrons. The Kier molecular flexibility index (Phi) is 7.37. The Labute approximate surface area is 193 Å². The summed E-state index contributed by atoms with van der Waals surface area (Å²) in [4.78, 5) is 16.9. The highest BCUT2D eigenvalue weighted by molar-refractivity contribution is 7.92. The lowest BCUT2D eigenvalue weighted by Crippen LogP contribution is -2.27. The van der Waals surface area contributed by atoms with E-state index in [2.05, 4.69) is 10.3 Å². The molecule has 0 atom stereocenters. The topological polar surface area (TPSA) is 88.6 Å². The number of ether oxygens (including phenoxy) is 1. The number of pyridine rings is 1. The third-order valence-electron chi connectivity index (χ3n) is 4.56. The van der Waals surface area contributed by atoms with Gasteiger partial charge in [-0.15, -0.1) is 0 Å². The van der Waals surface area contributed by atoms with E-state index in [1.165, 1.54) is 25.2 Å². The van der Waals surface area contributed by atoms with E-state index in [-0.39, 0.29) is 23.1 Å². The van der Waals surface area contributed by atoms with Crippen molar-refractivity contribution in [3.63, 3.8) is 0 Å². The Morgan fingerprint density at radius 2 is 1.88 bits per heavy atom. The molecule has 0 radical (unpaired) electrons. The lowest BCUT2D eigenvalue weighted by atomic mass is 10.2. The Bertz CT molecular complexity index is 1220. The Balaban J connectivity index is 1.78. The smallest absolute Gasteiger partial charge is 0.264 e. The van der Waals surface area contributed by atoms with E-state index >= 15 is 0 Å². The molecule has 3 rings (SSSR count). The van der Waals surface area contributed by atoms with Crippen molar-refractivity contribution in [2.75, 3.05) is 11.4 Å². The van der Waals surface area contributed by atoms with Crippen molar-refractivity contribution in [2.45, 2.75) is 31.4 Å². The molecular weight excluding hydrogens is 450 g/mol. The highest BCUT2D eigenvalue weighted by Crippen LogP contribution is 2.25. The SMILES string of the molecule is CC(C)Oc1ncccc1CNC(=O)c1cccc(S(=O)(=O)N(C)c2cccc(Cl)c2)c1. The zero-order valence-electron chi connectivity index (χ0n) is 17.9. The highest BCUT2D eigenvalue weighted by atomic mass is 35.5. The number of anilines is 1. The third kappa shape index (κ3) is 5.57. The van der Waals surface area contributed by atoms with Crippen LogP contribution in [0.3, 0.4) is 0 Å². The zero-order chi connectivity index (χ0) is 23.3. The number of hydrogen-bond acceptors (Lipinski definition) is 5. The predicted octanol–water partition coefficient (Wildman–Crippen LogP) is 4.28. The van der Waals surface area contributed by atoms with Gasteiger partial charge < -0.3 is 10.1 Å². The molecule has 3 aromatic rings. The second kappa shape index (κ2) is 10.0. The summed E-state index contributed by atoms with van der Waals surface area (Å²) < 4.78 is 32.9. The van der Waals surface area contributed by atoms with Crippen LogP contribution >= 0.6 is 11.6 Å². The number of halogens is 1. The van der Waals surface area contributed by atoms with Crippen LogP contribution in [-0.4, -0.2) is 32.5 Å². The largest absolute Gasteiger partial charge is 0.475 e. The molecule has 7 nitrogen and oxygen atoms in total. The zero-order valence-corrected chi connectivity index (χ0v) is 19.5. The first kappa shape index (κ1) is 23.6. The van der Waals surface area contributed by atoms with Crippen LogP contribution in [0.15, 0.2) is 71.8 Å². The molecule has 0 aliphatic heterocycles. The monoisotopic (exact) mass is 473 g/mol. The molecule has 0 aliphatic rings. The first-order valence-electron chi connectivity index (χ1n) is 9.92. The van der Waals surface area contributed by atoms with Crippen LogP contribution in [0.5, 0.6) is 5.88 Å². The van der Waals surface area contributed by atoms with Gasteiger partial charge in [-0.3, -0.25) is 9.10 Å². The maximum Gasteiger partial charge on any atom is 0.264 e. The van der Waals surface area contributed by atoms with Crippen molar-refractivity contribution in [1.82, 2.24) is 10.3 Å². The second-order valence-electron chi connectivity index (χ2n) is 7.30. The van der Waals surface area contributed by atoms with Crippen molar-refractivity contribution in [3.05, 3.63) is 83.0 Å². The maximum atomic E-state index is 13.1. The van der Waals surface area contributed by atoms with Crippen molar-refractivity contribution >= 4 is 33.2 Å². The molecule has 0 fully saturated rings. The van der Waals surface area contributed by atoms with Gasteiger partial charge in [0.15, 0.2) is 0 Å². The van der Waals surface area contributed by atoms with E-state index in [4.69, 9.17) is 16.3 Å². The van der Waals surface area contributed by atoms with Crippen LogP contribution in [-0.2, 0) is 16.6 Å². The standard InChI is InChI=1S/C23H24ClN3O4S/c1-16(2)31-23-18(8-6-12-25-23)15-26-22(28)17-7-4-11-21(13-17)32(29,30)27(3)20-10-5-9-19(24)14-20/h4-14,16H,15H2,1-3H3,(H,26,28). The summed E-state index contributed by atoms with van der Waals surface area (Å²) >= 11 is 5.99. The number of amides is 1. The molecule has 0 spiro atoms. The van der Waals surface area contributed by atoms with E-state index in [0.717, 1.165) is 9.87 Å². The summed E-state index contributed by atoms with van der Waals surface area (Å²) in [6, 6.07) is 16.0. The summed E-state index contributed by atoms with van der Waals surface area (Å²) in [5.74, 6) is 0.0362. The molecule has 2 aromatic carbocycles. The molecule has 9 heteroatoms. The number of benzene rings is 2. The summed E-state index contributed by atoms with van der Waals surface area (Å²) in [6.45, 7) is 3.97. The van der Waals surface area contributed by atoms with Gasteiger partial charge >= 0.3 is 0 Å². The van der Waals surface area contributed by atoms with Crippen LogP contribution < -0.4 is 14.4 Å². The van der Waals surface area contributed by atoms with Crippen LogP contribution in [0, 0.1) is 0 Å². The molecule has 32 heavy (non-hydrogen) atoms. The number of carbonyl (C=O) groups excluding carboxylic acids is 1. The predicted molar refractivity (Wildman–Crippen MR) is 125 cm³/mol. The number of nitrogens with zero attached hydrogens (tertiary/aromatic N) is 2. The van der Waals surface area contributed by atoms with Gasteiger partial charge in [-0.05, 0) is 56.3 Å². The fraction of sp³-hybridized carbons (Fsp3) is 0.217. The van der Waals surface area contributed by atoms with E-state index < -0.39 is 15.9 Å². The average molecular weight is 474 g/mol. The summed E-state index contributed by atoms with van der Waals surface area (Å²) in [5.41, 5.74) is 1.36. The molecular formula is C23H24ClN3O4S. The third-order valence-corrected chi connectivity index (χ3v) is 6.58. The number of nitrogens with one attached hydrogen (secondary N) is 1. The van der Waals surface area contributed by atoms with Gasteiger partial charge in [-0.2, -0.15) is 0 Å². The number of sulfonamides is 1. The van der Waals surface area contributed by atoms with Crippen LogP contribution in [0.25, 0.3) is 0 Å². The lowest BCUT2D eigenvalue weighted by molar-refractivity contribution is 0.0950. The minimum Gasteiger partial charge on any atom is -0.475 e. The minimum atomic E-state index is -3.89. The van der Waals surface area contributed by atoms with E-state index in [1.807, 2.05) is 19.9 Å². The summed E-state index contributed by atoms with van der Waals surface area (Å²) in [7, 11) is -2.45. The van der Waals surface area contributed by atoms with Gasteiger partial charge in [0, 0.05) is 35.9 Å². The van der Waals surface area contributed by atoms with Gasteiger partial charge in [-0.25, -0.2) is 13.4 Å². The molecule has 1 heterocycles. The van der Waals surface area contributed by atoms with E-state index in [0.29, 0.717) is 16.6 Å². The minimum absolute atomic E-state index is 0.00201. The van der Waals surface area contributed by atoms with Gasteiger partial charge in [0.25, 0.3) is 15.9 Å². The van der Waals surface area contributed by atoms with E-state index in [9.17, 15) is 13.2 Å². The quantitative estimate of drug-likeness (QED) is 0.527. The van der Waals surface area contributed by atoms with Crippen molar-refractivity contribution in [3.8, 4) is 5.88 Å². The van der Waals surface area contributed by atoms with Gasteiger partial charge in [-0.1, -0.05) is 29.8 Å². The molecule has 0 bridgehead atoms. The Morgan fingerprint density at radius 3 is 2.59 bits per heavy atom. The van der Waals surface area contributed by atoms with Gasteiger partial charge in [0.05, 0.1) is 16.7 Å². The van der Waals surface area contributed by atoms with Crippen LogP contribution in [0.2, 0.25) is 5.02 Å². The molecule has 0 unspecified atom stereocenters. The Morgan fingerprint density at radius 1 is 1.12 bits per heavy atom. The van der Waals surface area contributed by atoms with Crippen molar-refractivity contribution in [1.29, 1.82) is 0 Å².